The molecule has 0 fully saturated rings. The molecule has 0 saturated carbocycles. The Bertz CT molecular complexity index is 1460. The summed E-state index contributed by atoms with van der Waals surface area (Å²) in [5, 5.41) is 0. The first-order valence-electron chi connectivity index (χ1n) is 12.6. The number of fused-ring (bicyclic) bond motifs is 3. The van der Waals surface area contributed by atoms with Gasteiger partial charge in [-0.2, -0.15) is 0 Å². The molecule has 0 aliphatic heterocycles. The fourth-order valence-corrected chi connectivity index (χ4v) is 6.05. The molecule has 0 heterocycles. The van der Waals surface area contributed by atoms with Crippen LogP contribution in [0.5, 0.6) is 0 Å². The zero-order valence-corrected chi connectivity index (χ0v) is 20.3. The smallest absolute Gasteiger partial charge is 0.0397 e. The number of hydrogen-bond donors (Lipinski definition) is 2. The molecule has 2 heteroatoms. The van der Waals surface area contributed by atoms with Gasteiger partial charge in [0.2, 0.25) is 0 Å². The quantitative estimate of drug-likeness (QED) is 0.261. The molecule has 6 rings (SSSR count). The SMILES string of the molecule is NCc1ccc(-c2c(N)ccc3c2C(Cc2ccccc2)(Cc2ccccc2)c2ccccc2-3)cc1. The van der Waals surface area contributed by atoms with E-state index in [0.717, 1.165) is 35.2 Å². The molecule has 5 aromatic carbocycles. The molecular weight excluding hydrogens is 436 g/mol. The van der Waals surface area contributed by atoms with Crippen molar-refractivity contribution in [3.05, 3.63) is 149 Å². The monoisotopic (exact) mass is 466 g/mol. The topological polar surface area (TPSA) is 52.0 Å². The maximum absolute atomic E-state index is 6.81. The first-order chi connectivity index (χ1) is 17.7. The van der Waals surface area contributed by atoms with Crippen LogP contribution in [0.3, 0.4) is 0 Å². The normalized spacial score (nSPS) is 13.2. The average molecular weight is 467 g/mol. The Morgan fingerprint density at radius 2 is 1.11 bits per heavy atom. The van der Waals surface area contributed by atoms with E-state index in [0.29, 0.717) is 6.54 Å². The van der Waals surface area contributed by atoms with Crippen LogP contribution in [0.25, 0.3) is 22.3 Å². The van der Waals surface area contributed by atoms with Crippen LogP contribution in [0.4, 0.5) is 5.69 Å². The molecule has 176 valence electrons. The van der Waals surface area contributed by atoms with E-state index < -0.39 is 0 Å². The molecule has 4 N–H and O–H groups in total. The molecule has 0 amide bonds. The summed E-state index contributed by atoms with van der Waals surface area (Å²) in [5.41, 5.74) is 24.6. The van der Waals surface area contributed by atoms with Gasteiger partial charge in [0.25, 0.3) is 0 Å². The Balaban J connectivity index is 1.67. The van der Waals surface area contributed by atoms with Gasteiger partial charge in [0.1, 0.15) is 0 Å². The van der Waals surface area contributed by atoms with Crippen molar-refractivity contribution in [2.24, 2.45) is 5.73 Å². The average Bonchev–Trinajstić information content (AvgIpc) is 3.19. The van der Waals surface area contributed by atoms with Crippen molar-refractivity contribution in [3.8, 4) is 22.3 Å². The van der Waals surface area contributed by atoms with E-state index in [4.69, 9.17) is 11.5 Å². The van der Waals surface area contributed by atoms with Crippen molar-refractivity contribution in [2.45, 2.75) is 24.8 Å². The predicted octanol–water partition coefficient (Wildman–Crippen LogP) is 7.15. The van der Waals surface area contributed by atoms with Crippen LogP contribution in [0.15, 0.2) is 121 Å². The molecule has 36 heavy (non-hydrogen) atoms. The lowest BCUT2D eigenvalue weighted by Crippen LogP contribution is -2.32. The third kappa shape index (κ3) is 3.71. The van der Waals surface area contributed by atoms with E-state index in [1.165, 1.54) is 33.4 Å². The molecule has 0 saturated heterocycles. The van der Waals surface area contributed by atoms with Gasteiger partial charge in [0.15, 0.2) is 0 Å². The van der Waals surface area contributed by atoms with Crippen LogP contribution in [0.1, 0.15) is 27.8 Å². The minimum Gasteiger partial charge on any atom is -0.398 e. The highest BCUT2D eigenvalue weighted by Crippen LogP contribution is 2.56. The summed E-state index contributed by atoms with van der Waals surface area (Å²) in [7, 11) is 0. The van der Waals surface area contributed by atoms with E-state index in [1.807, 2.05) is 0 Å². The van der Waals surface area contributed by atoms with Gasteiger partial charge in [-0.25, -0.2) is 0 Å². The molecule has 0 aromatic heterocycles. The maximum atomic E-state index is 6.81. The van der Waals surface area contributed by atoms with Crippen LogP contribution < -0.4 is 11.5 Å². The largest absolute Gasteiger partial charge is 0.398 e. The van der Waals surface area contributed by atoms with Crippen LogP contribution >= 0.6 is 0 Å². The second-order valence-corrected chi connectivity index (χ2v) is 9.81. The van der Waals surface area contributed by atoms with Crippen LogP contribution in [0.2, 0.25) is 0 Å². The molecule has 0 unspecified atom stereocenters. The van der Waals surface area contributed by atoms with E-state index in [2.05, 4.69) is 121 Å². The predicted molar refractivity (Wildman–Crippen MR) is 151 cm³/mol. The third-order valence-corrected chi connectivity index (χ3v) is 7.62. The van der Waals surface area contributed by atoms with Crippen molar-refractivity contribution in [1.82, 2.24) is 0 Å². The van der Waals surface area contributed by atoms with Gasteiger partial charge >= 0.3 is 0 Å². The highest BCUT2D eigenvalue weighted by molar-refractivity contribution is 5.93. The first kappa shape index (κ1) is 22.3. The van der Waals surface area contributed by atoms with E-state index in [9.17, 15) is 0 Å². The highest BCUT2D eigenvalue weighted by Gasteiger charge is 2.45. The van der Waals surface area contributed by atoms with Gasteiger partial charge < -0.3 is 11.5 Å². The maximum Gasteiger partial charge on any atom is 0.0397 e. The summed E-state index contributed by atoms with van der Waals surface area (Å²) in [4.78, 5) is 0. The zero-order valence-electron chi connectivity index (χ0n) is 20.3. The van der Waals surface area contributed by atoms with E-state index in [1.54, 1.807) is 0 Å². The first-order valence-corrected chi connectivity index (χ1v) is 12.6. The number of benzene rings is 5. The third-order valence-electron chi connectivity index (χ3n) is 7.62. The second kappa shape index (κ2) is 9.14. The van der Waals surface area contributed by atoms with Crippen molar-refractivity contribution < 1.29 is 0 Å². The van der Waals surface area contributed by atoms with Crippen LogP contribution in [0, 0.1) is 0 Å². The van der Waals surface area contributed by atoms with Gasteiger partial charge in [0, 0.05) is 23.2 Å². The molecular formula is C34H30N2. The standard InChI is InChI=1S/C34H30N2/c35-23-26-15-17-27(18-16-26)32-31(36)20-19-29-28-13-7-8-14-30(28)34(33(29)32,21-24-9-3-1-4-10-24)22-25-11-5-2-6-12-25/h1-20H,21-23,35-36H2. The Kier molecular flexibility index (Phi) is 5.67. The number of hydrogen-bond acceptors (Lipinski definition) is 2. The van der Waals surface area contributed by atoms with Crippen molar-refractivity contribution in [3.63, 3.8) is 0 Å². The summed E-state index contributed by atoms with van der Waals surface area (Å²) in [6.07, 6.45) is 1.79. The molecule has 0 atom stereocenters. The van der Waals surface area contributed by atoms with Gasteiger partial charge in [-0.05, 0) is 63.4 Å². The number of anilines is 1. The van der Waals surface area contributed by atoms with Crippen LogP contribution in [-0.4, -0.2) is 0 Å². The summed E-state index contributed by atoms with van der Waals surface area (Å²) in [6, 6.07) is 43.5. The van der Waals surface area contributed by atoms with Crippen molar-refractivity contribution >= 4 is 5.69 Å². The van der Waals surface area contributed by atoms with Crippen molar-refractivity contribution in [1.29, 1.82) is 0 Å². The van der Waals surface area contributed by atoms with Gasteiger partial charge in [-0.3, -0.25) is 0 Å². The second-order valence-electron chi connectivity index (χ2n) is 9.81. The number of nitrogens with two attached hydrogens (primary N) is 2. The Morgan fingerprint density at radius 3 is 1.72 bits per heavy atom. The fraction of sp³-hybridized carbons (Fsp3) is 0.118. The fourth-order valence-electron chi connectivity index (χ4n) is 6.05. The number of nitrogen functional groups attached to an aromatic ring is 1. The minimum atomic E-state index is -0.258. The Morgan fingerprint density at radius 1 is 0.528 bits per heavy atom. The molecule has 1 aliphatic rings. The molecule has 5 aromatic rings. The summed E-state index contributed by atoms with van der Waals surface area (Å²) in [6.45, 7) is 0.528. The Hall–Kier alpha value is -4.14. The molecule has 0 radical (unpaired) electrons. The minimum absolute atomic E-state index is 0.258. The summed E-state index contributed by atoms with van der Waals surface area (Å²) >= 11 is 0. The Labute approximate surface area is 213 Å². The summed E-state index contributed by atoms with van der Waals surface area (Å²) < 4.78 is 0. The van der Waals surface area contributed by atoms with Gasteiger partial charge in [-0.1, -0.05) is 115 Å². The van der Waals surface area contributed by atoms with Gasteiger partial charge in [0.05, 0.1) is 0 Å². The molecule has 0 bridgehead atoms. The number of rotatable bonds is 6. The molecule has 2 nitrogen and oxygen atoms in total. The molecule has 0 spiro atoms. The molecule has 1 aliphatic carbocycles. The van der Waals surface area contributed by atoms with Crippen LogP contribution in [-0.2, 0) is 24.8 Å². The lowest BCUT2D eigenvalue weighted by atomic mass is 9.67. The lowest BCUT2D eigenvalue weighted by Gasteiger charge is -2.35. The van der Waals surface area contributed by atoms with Gasteiger partial charge in [-0.15, -0.1) is 0 Å². The van der Waals surface area contributed by atoms with Crippen molar-refractivity contribution in [2.75, 3.05) is 5.73 Å². The lowest BCUT2D eigenvalue weighted by molar-refractivity contribution is 0.521. The van der Waals surface area contributed by atoms with E-state index >= 15 is 0 Å². The van der Waals surface area contributed by atoms with E-state index in [-0.39, 0.29) is 5.41 Å². The summed E-state index contributed by atoms with van der Waals surface area (Å²) in [5.74, 6) is 0. The zero-order chi connectivity index (χ0) is 24.5. The highest BCUT2D eigenvalue weighted by atomic mass is 14.6.